The van der Waals surface area contributed by atoms with Gasteiger partial charge in [0.05, 0.1) is 16.8 Å². The number of nitrogens with one attached hydrogen (secondary N) is 2. The lowest BCUT2D eigenvalue weighted by Crippen LogP contribution is -2.45. The van der Waals surface area contributed by atoms with Crippen molar-refractivity contribution in [2.45, 2.75) is 30.8 Å². The zero-order valence-corrected chi connectivity index (χ0v) is 17.5. The van der Waals surface area contributed by atoms with E-state index in [-0.39, 0.29) is 5.69 Å². The second-order valence-electron chi connectivity index (χ2n) is 7.91. The van der Waals surface area contributed by atoms with E-state index in [4.69, 9.17) is 9.68 Å². The zero-order chi connectivity index (χ0) is 24.6. The molecular formula is C22H19F6N3O3. The molecule has 0 saturated carbocycles. The standard InChI is InChI=1S/C22H19F6N3O3/c23-21(24,25)15-3-1-14(2-4-15)18-13-20(34-30-18)9-11-31(12-10-20)33-19(32)29-17-7-5-16(6-8-17)22(26,27)28/h1-8,13,30H,9-12H2,(H,29,32). The molecule has 1 fully saturated rings. The van der Waals surface area contributed by atoms with Gasteiger partial charge in [0.25, 0.3) is 0 Å². The second-order valence-corrected chi connectivity index (χ2v) is 7.91. The second kappa shape index (κ2) is 8.84. The summed E-state index contributed by atoms with van der Waals surface area (Å²) in [6.45, 7) is 0.609. The maximum absolute atomic E-state index is 12.7. The quantitative estimate of drug-likeness (QED) is 0.552. The molecule has 2 aliphatic rings. The van der Waals surface area contributed by atoms with Crippen molar-refractivity contribution < 1.29 is 40.8 Å². The van der Waals surface area contributed by atoms with Gasteiger partial charge in [-0.1, -0.05) is 12.1 Å². The van der Waals surface area contributed by atoms with E-state index >= 15 is 0 Å². The SMILES string of the molecule is O=C(Nc1ccc(C(F)(F)F)cc1)ON1CCC2(C=C(c3ccc(C(F)(F)F)cc3)NO2)CC1. The van der Waals surface area contributed by atoms with Gasteiger partial charge in [-0.15, -0.1) is 5.06 Å². The van der Waals surface area contributed by atoms with Gasteiger partial charge < -0.3 is 4.84 Å². The topological polar surface area (TPSA) is 62.8 Å². The van der Waals surface area contributed by atoms with Crippen molar-refractivity contribution in [2.24, 2.45) is 0 Å². The molecule has 2 N–H and O–H groups in total. The van der Waals surface area contributed by atoms with Gasteiger partial charge in [-0.2, -0.15) is 26.3 Å². The van der Waals surface area contributed by atoms with Crippen LogP contribution < -0.4 is 10.8 Å². The summed E-state index contributed by atoms with van der Waals surface area (Å²) in [5.41, 5.74) is 1.71. The third-order valence-electron chi connectivity index (χ3n) is 5.53. The first-order valence-corrected chi connectivity index (χ1v) is 10.2. The third kappa shape index (κ3) is 5.45. The van der Waals surface area contributed by atoms with Crippen LogP contribution in [0.15, 0.2) is 54.6 Å². The van der Waals surface area contributed by atoms with Crippen LogP contribution in [-0.4, -0.2) is 29.8 Å². The number of anilines is 1. The number of benzene rings is 2. The Morgan fingerprint density at radius 2 is 1.44 bits per heavy atom. The molecule has 34 heavy (non-hydrogen) atoms. The Morgan fingerprint density at radius 1 is 0.912 bits per heavy atom. The van der Waals surface area contributed by atoms with E-state index in [0.29, 0.717) is 37.2 Å². The van der Waals surface area contributed by atoms with Crippen LogP contribution in [0.2, 0.25) is 0 Å². The third-order valence-corrected chi connectivity index (χ3v) is 5.53. The molecular weight excluding hydrogens is 468 g/mol. The number of hydrogen-bond donors (Lipinski definition) is 2. The highest BCUT2D eigenvalue weighted by atomic mass is 19.4. The normalized spacial score (nSPS) is 18.4. The Morgan fingerprint density at radius 3 is 1.97 bits per heavy atom. The molecule has 2 aromatic carbocycles. The summed E-state index contributed by atoms with van der Waals surface area (Å²) in [5, 5.41) is 3.77. The molecule has 182 valence electrons. The summed E-state index contributed by atoms with van der Waals surface area (Å²) in [4.78, 5) is 23.0. The van der Waals surface area contributed by atoms with E-state index < -0.39 is 35.2 Å². The number of carbonyl (C=O) groups is 1. The lowest BCUT2D eigenvalue weighted by molar-refractivity contribution is -0.153. The molecule has 2 aliphatic heterocycles. The lowest BCUT2D eigenvalue weighted by Gasteiger charge is -2.35. The molecule has 1 saturated heterocycles. The summed E-state index contributed by atoms with van der Waals surface area (Å²) in [6.07, 6.45) is -7.08. The van der Waals surface area contributed by atoms with Crippen molar-refractivity contribution in [3.8, 4) is 0 Å². The van der Waals surface area contributed by atoms with Crippen LogP contribution in [0, 0.1) is 0 Å². The number of amides is 1. The summed E-state index contributed by atoms with van der Waals surface area (Å²) in [5.74, 6) is 0. The maximum atomic E-state index is 12.7. The minimum atomic E-state index is -4.47. The molecule has 2 aromatic rings. The number of hydrogen-bond acceptors (Lipinski definition) is 5. The Labute approximate surface area is 190 Å². The Bertz CT molecular complexity index is 1060. The average Bonchev–Trinajstić information content (AvgIpc) is 3.18. The van der Waals surface area contributed by atoms with Crippen LogP contribution in [0.1, 0.15) is 29.5 Å². The minimum Gasteiger partial charge on any atom is -0.351 e. The maximum Gasteiger partial charge on any atom is 0.430 e. The molecule has 1 spiro atoms. The van der Waals surface area contributed by atoms with Crippen LogP contribution in [0.5, 0.6) is 0 Å². The summed E-state index contributed by atoms with van der Waals surface area (Å²) >= 11 is 0. The number of hydroxylamine groups is 3. The molecule has 2 heterocycles. The lowest BCUT2D eigenvalue weighted by atomic mass is 9.91. The van der Waals surface area contributed by atoms with Crippen LogP contribution in [0.25, 0.3) is 5.70 Å². The number of alkyl halides is 6. The van der Waals surface area contributed by atoms with Gasteiger partial charge >= 0.3 is 18.4 Å². The van der Waals surface area contributed by atoms with Crippen molar-refractivity contribution in [1.82, 2.24) is 10.5 Å². The van der Waals surface area contributed by atoms with Gasteiger partial charge in [0.2, 0.25) is 0 Å². The van der Waals surface area contributed by atoms with Gasteiger partial charge in [0.15, 0.2) is 0 Å². The molecule has 1 amide bonds. The molecule has 6 nitrogen and oxygen atoms in total. The van der Waals surface area contributed by atoms with Crippen LogP contribution in [0.4, 0.5) is 36.8 Å². The van der Waals surface area contributed by atoms with Gasteiger partial charge in [-0.25, -0.2) is 4.79 Å². The van der Waals surface area contributed by atoms with Crippen molar-refractivity contribution >= 4 is 17.5 Å². The predicted molar refractivity (Wildman–Crippen MR) is 109 cm³/mol. The largest absolute Gasteiger partial charge is 0.430 e. The number of halogens is 6. The molecule has 12 heteroatoms. The summed E-state index contributed by atoms with van der Waals surface area (Å²) in [6, 6.07) is 8.66. The molecule has 0 atom stereocenters. The monoisotopic (exact) mass is 487 g/mol. The summed E-state index contributed by atoms with van der Waals surface area (Å²) in [7, 11) is 0. The van der Waals surface area contributed by atoms with Crippen molar-refractivity contribution in [3.05, 3.63) is 71.3 Å². The summed E-state index contributed by atoms with van der Waals surface area (Å²) < 4.78 is 76.1. The van der Waals surface area contributed by atoms with E-state index in [2.05, 4.69) is 10.8 Å². The van der Waals surface area contributed by atoms with Gasteiger partial charge in [0, 0.05) is 18.8 Å². The van der Waals surface area contributed by atoms with Crippen molar-refractivity contribution in [1.29, 1.82) is 0 Å². The van der Waals surface area contributed by atoms with Gasteiger partial charge in [0.1, 0.15) is 5.60 Å². The molecule has 4 rings (SSSR count). The first-order chi connectivity index (χ1) is 15.9. The van der Waals surface area contributed by atoms with Crippen molar-refractivity contribution in [3.63, 3.8) is 0 Å². The van der Waals surface area contributed by atoms with E-state index in [0.717, 1.165) is 36.4 Å². The van der Waals surface area contributed by atoms with Crippen molar-refractivity contribution in [2.75, 3.05) is 18.4 Å². The smallest absolute Gasteiger partial charge is 0.351 e. The van der Waals surface area contributed by atoms with E-state index in [1.165, 1.54) is 17.2 Å². The minimum absolute atomic E-state index is 0.152. The molecule has 0 aliphatic carbocycles. The number of nitrogens with zero attached hydrogens (tertiary/aromatic N) is 1. The fourth-order valence-corrected chi connectivity index (χ4v) is 3.66. The Balaban J connectivity index is 1.30. The van der Waals surface area contributed by atoms with E-state index in [1.54, 1.807) is 6.08 Å². The predicted octanol–water partition coefficient (Wildman–Crippen LogP) is 5.60. The number of carbonyl (C=O) groups excluding carboxylic acids is 1. The Kier molecular flexibility index (Phi) is 6.21. The number of rotatable bonds is 3. The van der Waals surface area contributed by atoms with Gasteiger partial charge in [-0.05, 0) is 60.9 Å². The first kappa shape index (κ1) is 23.9. The molecule has 0 unspecified atom stereocenters. The highest BCUT2D eigenvalue weighted by molar-refractivity contribution is 5.84. The van der Waals surface area contributed by atoms with Gasteiger partial charge in [-0.3, -0.25) is 15.6 Å². The molecule has 0 radical (unpaired) electrons. The van der Waals surface area contributed by atoms with Crippen LogP contribution >= 0.6 is 0 Å². The molecule has 0 bridgehead atoms. The van der Waals surface area contributed by atoms with E-state index in [1.807, 2.05) is 0 Å². The Hall–Kier alpha value is -3.25. The fraction of sp³-hybridized carbons (Fsp3) is 0.318. The van der Waals surface area contributed by atoms with Crippen LogP contribution in [0.3, 0.4) is 0 Å². The highest BCUT2D eigenvalue weighted by Gasteiger charge is 2.40. The van der Waals surface area contributed by atoms with Crippen LogP contribution in [-0.2, 0) is 22.0 Å². The molecule has 0 aromatic heterocycles. The van der Waals surface area contributed by atoms with E-state index in [9.17, 15) is 31.1 Å². The average molecular weight is 487 g/mol. The zero-order valence-electron chi connectivity index (χ0n) is 17.5. The number of piperidine rings is 1. The first-order valence-electron chi connectivity index (χ1n) is 10.2. The fourth-order valence-electron chi connectivity index (χ4n) is 3.66. The highest BCUT2D eigenvalue weighted by Crippen LogP contribution is 2.36.